The zero-order valence-electron chi connectivity index (χ0n) is 27.0. The van der Waals surface area contributed by atoms with Gasteiger partial charge in [0.25, 0.3) is 0 Å². The largest absolute Gasteiger partial charge is 0.481 e. The fraction of sp³-hybridized carbons (Fsp3) is 0.303. The quantitative estimate of drug-likeness (QED) is 0.118. The van der Waals surface area contributed by atoms with Gasteiger partial charge in [-0.15, -0.1) is 0 Å². The molecule has 0 bridgehead atoms. The predicted molar refractivity (Wildman–Crippen MR) is 167 cm³/mol. The fourth-order valence-electron chi connectivity index (χ4n) is 5.78. The van der Waals surface area contributed by atoms with Crippen molar-refractivity contribution in [1.82, 2.24) is 19.9 Å². The molecule has 1 aliphatic rings. The molecule has 2 atom stereocenters. The summed E-state index contributed by atoms with van der Waals surface area (Å²) in [6.07, 6.45) is -3.38. The summed E-state index contributed by atoms with van der Waals surface area (Å²) in [7, 11) is -1.29. The van der Waals surface area contributed by atoms with E-state index in [-0.39, 0.29) is 29.2 Å². The average Bonchev–Trinajstić information content (AvgIpc) is 3.31. The van der Waals surface area contributed by atoms with Crippen molar-refractivity contribution < 1.29 is 49.8 Å². The van der Waals surface area contributed by atoms with Crippen molar-refractivity contribution in [3.05, 3.63) is 88.1 Å². The molecule has 2 unspecified atom stereocenters. The van der Waals surface area contributed by atoms with Gasteiger partial charge >= 0.3 is 18.2 Å². The highest BCUT2D eigenvalue weighted by Crippen LogP contribution is 2.40. The van der Waals surface area contributed by atoms with Crippen LogP contribution in [0.3, 0.4) is 0 Å². The second-order valence-electron chi connectivity index (χ2n) is 11.5. The van der Waals surface area contributed by atoms with E-state index in [4.69, 9.17) is 14.2 Å². The highest BCUT2D eigenvalue weighted by molar-refractivity contribution is 7.90. The Kier molecular flexibility index (Phi) is 9.38. The Balaban J connectivity index is 1.60. The summed E-state index contributed by atoms with van der Waals surface area (Å²) in [4.78, 5) is 39.2. The zero-order chi connectivity index (χ0) is 36.0. The molecule has 49 heavy (non-hydrogen) atoms. The van der Waals surface area contributed by atoms with Crippen LogP contribution in [0.4, 0.5) is 22.4 Å². The topological polar surface area (TPSA) is 138 Å². The molecule has 5 rings (SSSR count). The number of nitrogens with zero attached hydrogens (tertiary/aromatic N) is 4. The first-order chi connectivity index (χ1) is 22.9. The summed E-state index contributed by atoms with van der Waals surface area (Å²) in [6, 6.07) is 6.01. The first kappa shape index (κ1) is 35.2. The third kappa shape index (κ3) is 7.04. The van der Waals surface area contributed by atoms with E-state index in [1.165, 1.54) is 27.3 Å². The van der Waals surface area contributed by atoms with Crippen molar-refractivity contribution in [3.63, 3.8) is 0 Å². The van der Waals surface area contributed by atoms with E-state index in [0.29, 0.717) is 28.8 Å². The van der Waals surface area contributed by atoms with Gasteiger partial charge in [0.1, 0.15) is 11.9 Å². The number of halogens is 4. The first-order valence-electron chi connectivity index (χ1n) is 14.6. The minimum atomic E-state index is -4.84. The van der Waals surface area contributed by atoms with Crippen LogP contribution in [0.15, 0.2) is 53.9 Å². The van der Waals surface area contributed by atoms with Crippen LogP contribution in [-0.2, 0) is 32.0 Å². The number of carbonyl (C=O) groups is 2. The SMILES string of the molecule is COC(=O)c1cc(C)c(-c2cnc(OC)c(-c3cnc(S(C)(=O)=O)nc3CN3C(=O)OC(c4cc(F)cc(C(F)(F)F)c4)C3C)c2)c(C)c1. The zero-order valence-corrected chi connectivity index (χ0v) is 27.9. The highest BCUT2D eigenvalue weighted by atomic mass is 32.2. The minimum Gasteiger partial charge on any atom is -0.481 e. The van der Waals surface area contributed by atoms with E-state index < -0.39 is 56.8 Å². The summed E-state index contributed by atoms with van der Waals surface area (Å²) >= 11 is 0. The number of sulfone groups is 1. The lowest BCUT2D eigenvalue weighted by molar-refractivity contribution is -0.137. The Morgan fingerprint density at radius 1 is 1.00 bits per heavy atom. The Hall–Kier alpha value is -5.12. The molecule has 0 spiro atoms. The number of carbonyl (C=O) groups excluding carboxylic acids is 2. The number of cyclic esters (lactones) is 1. The number of hydrogen-bond donors (Lipinski definition) is 0. The summed E-state index contributed by atoms with van der Waals surface area (Å²) < 4.78 is 95.3. The van der Waals surface area contributed by atoms with E-state index in [2.05, 4.69) is 15.0 Å². The van der Waals surface area contributed by atoms with Gasteiger partial charge in [0.05, 0.1) is 43.6 Å². The molecule has 2 aromatic carbocycles. The maximum atomic E-state index is 14.3. The third-order valence-electron chi connectivity index (χ3n) is 8.04. The molecule has 0 N–H and O–H groups in total. The van der Waals surface area contributed by atoms with E-state index in [9.17, 15) is 35.6 Å². The van der Waals surface area contributed by atoms with Gasteiger partial charge in [-0.05, 0) is 79.4 Å². The molecule has 1 aliphatic heterocycles. The van der Waals surface area contributed by atoms with Crippen molar-refractivity contribution in [3.8, 4) is 28.1 Å². The van der Waals surface area contributed by atoms with E-state index in [1.807, 2.05) is 0 Å². The molecule has 1 amide bonds. The number of rotatable bonds is 8. The fourth-order valence-corrected chi connectivity index (χ4v) is 6.30. The van der Waals surface area contributed by atoms with Gasteiger partial charge in [0.2, 0.25) is 20.9 Å². The number of esters is 1. The number of ether oxygens (including phenoxy) is 3. The van der Waals surface area contributed by atoms with Gasteiger partial charge in [-0.25, -0.2) is 37.3 Å². The molecule has 3 heterocycles. The lowest BCUT2D eigenvalue weighted by atomic mass is 9.92. The molecular weight excluding hydrogens is 672 g/mol. The third-order valence-corrected chi connectivity index (χ3v) is 8.90. The normalized spacial score (nSPS) is 16.4. The van der Waals surface area contributed by atoms with Gasteiger partial charge in [-0.3, -0.25) is 4.90 Å². The number of methoxy groups -OCH3 is 2. The van der Waals surface area contributed by atoms with Gasteiger partial charge in [-0.2, -0.15) is 13.2 Å². The van der Waals surface area contributed by atoms with Crippen molar-refractivity contribution in [2.75, 3.05) is 20.5 Å². The van der Waals surface area contributed by atoms with Crippen LogP contribution in [-0.4, -0.2) is 66.8 Å². The number of benzene rings is 2. The van der Waals surface area contributed by atoms with Crippen LogP contribution in [0.5, 0.6) is 5.88 Å². The summed E-state index contributed by atoms with van der Waals surface area (Å²) in [5.74, 6) is -1.56. The molecular formula is C33H30F4N4O7S. The van der Waals surface area contributed by atoms with Crippen molar-refractivity contribution >= 4 is 21.9 Å². The Morgan fingerprint density at radius 3 is 2.27 bits per heavy atom. The van der Waals surface area contributed by atoms with E-state index in [0.717, 1.165) is 33.9 Å². The Bertz CT molecular complexity index is 2070. The van der Waals surface area contributed by atoms with Crippen molar-refractivity contribution in [2.45, 2.75) is 50.8 Å². The van der Waals surface area contributed by atoms with E-state index >= 15 is 0 Å². The number of alkyl halides is 3. The highest BCUT2D eigenvalue weighted by Gasteiger charge is 2.42. The van der Waals surface area contributed by atoms with Crippen molar-refractivity contribution in [2.24, 2.45) is 0 Å². The van der Waals surface area contributed by atoms with Gasteiger partial charge in [0.15, 0.2) is 0 Å². The lowest BCUT2D eigenvalue weighted by Crippen LogP contribution is -2.32. The molecule has 11 nitrogen and oxygen atoms in total. The first-order valence-corrected chi connectivity index (χ1v) is 16.5. The number of pyridine rings is 1. The van der Waals surface area contributed by atoms with Crippen LogP contribution in [0.1, 0.15) is 51.3 Å². The number of aryl methyl sites for hydroxylation is 2. The molecule has 1 fully saturated rings. The maximum Gasteiger partial charge on any atom is 0.416 e. The van der Waals surface area contributed by atoms with Gasteiger partial charge in [0, 0.05) is 35.3 Å². The number of amides is 1. The predicted octanol–water partition coefficient (Wildman–Crippen LogP) is 6.26. The van der Waals surface area contributed by atoms with Crippen LogP contribution in [0.25, 0.3) is 22.3 Å². The second-order valence-corrected chi connectivity index (χ2v) is 13.4. The van der Waals surface area contributed by atoms with Gasteiger partial charge < -0.3 is 14.2 Å². The standard InChI is InChI=1S/C33H30F4N4O7S/c1-16-7-20(30(42)47-5)8-17(2)27(16)21-11-24(29(46-4)38-13-21)25-14-39-31(49(6,44)45)40-26(25)15-41-18(3)28(48-32(41)43)19-9-22(33(35,36)37)12-23(34)10-19/h7-14,18,28H,15H2,1-6H3. The smallest absolute Gasteiger partial charge is 0.416 e. The summed E-state index contributed by atoms with van der Waals surface area (Å²) in [6.45, 7) is 4.73. The molecule has 16 heteroatoms. The molecule has 0 saturated carbocycles. The Labute approximate surface area is 278 Å². The molecule has 4 aromatic rings. The molecule has 2 aromatic heterocycles. The maximum absolute atomic E-state index is 14.3. The van der Waals surface area contributed by atoms with Gasteiger partial charge in [-0.1, -0.05) is 0 Å². The van der Waals surface area contributed by atoms with Crippen molar-refractivity contribution in [1.29, 1.82) is 0 Å². The van der Waals surface area contributed by atoms with Crippen LogP contribution >= 0.6 is 0 Å². The van der Waals surface area contributed by atoms with Crippen LogP contribution in [0.2, 0.25) is 0 Å². The lowest BCUT2D eigenvalue weighted by Gasteiger charge is -2.23. The molecule has 0 aliphatic carbocycles. The molecule has 0 radical (unpaired) electrons. The summed E-state index contributed by atoms with van der Waals surface area (Å²) in [5, 5.41) is -0.545. The van der Waals surface area contributed by atoms with Crippen LogP contribution < -0.4 is 4.74 Å². The average molecular weight is 703 g/mol. The number of hydrogen-bond acceptors (Lipinski definition) is 10. The molecule has 1 saturated heterocycles. The Morgan fingerprint density at radius 2 is 1.67 bits per heavy atom. The summed E-state index contributed by atoms with van der Waals surface area (Å²) in [5.41, 5.74) is 2.28. The monoisotopic (exact) mass is 702 g/mol. The molecule has 258 valence electrons. The second kappa shape index (κ2) is 13.1. The minimum absolute atomic E-state index is 0.0295. The number of aromatic nitrogens is 3. The van der Waals surface area contributed by atoms with E-state index in [1.54, 1.807) is 38.2 Å². The van der Waals surface area contributed by atoms with Crippen LogP contribution in [0, 0.1) is 19.7 Å².